The number of thiophene rings is 1. The second-order valence-corrected chi connectivity index (χ2v) is 8.99. The van der Waals surface area contributed by atoms with Crippen LogP contribution >= 0.6 is 22.9 Å². The smallest absolute Gasteiger partial charge is 0.262 e. The van der Waals surface area contributed by atoms with Crippen LogP contribution in [0.1, 0.15) is 29.7 Å². The van der Waals surface area contributed by atoms with E-state index in [1.54, 1.807) is 22.2 Å². The highest BCUT2D eigenvalue weighted by atomic mass is 32.1. The Labute approximate surface area is 180 Å². The van der Waals surface area contributed by atoms with E-state index in [4.69, 9.17) is 0 Å². The van der Waals surface area contributed by atoms with Crippen LogP contribution < -0.4 is 10.9 Å². The maximum absolute atomic E-state index is 13.0. The average Bonchev–Trinajstić information content (AvgIpc) is 3.42. The number of aromatic nitrogens is 4. The van der Waals surface area contributed by atoms with Crippen molar-refractivity contribution in [3.63, 3.8) is 0 Å². The molecule has 30 heavy (non-hydrogen) atoms. The van der Waals surface area contributed by atoms with Crippen molar-refractivity contribution in [3.8, 4) is 11.3 Å². The molecule has 0 aliphatic heterocycles. The number of nitrogens with one attached hydrogen (secondary N) is 1. The molecule has 1 aliphatic carbocycles. The van der Waals surface area contributed by atoms with Crippen LogP contribution in [0.4, 0.5) is 5.69 Å². The minimum absolute atomic E-state index is 0.0339. The summed E-state index contributed by atoms with van der Waals surface area (Å²) < 4.78 is 5.42. The van der Waals surface area contributed by atoms with E-state index in [1.165, 1.54) is 28.4 Å². The second kappa shape index (κ2) is 8.08. The molecule has 7 nitrogen and oxygen atoms in total. The first-order chi connectivity index (χ1) is 14.7. The summed E-state index contributed by atoms with van der Waals surface area (Å²) in [6, 6.07) is 7.47. The summed E-state index contributed by atoms with van der Waals surface area (Å²) in [6.07, 6.45) is 6.05. The van der Waals surface area contributed by atoms with Crippen LogP contribution in [0.3, 0.4) is 0 Å². The fourth-order valence-electron chi connectivity index (χ4n) is 3.80. The van der Waals surface area contributed by atoms with Gasteiger partial charge < -0.3 is 5.32 Å². The van der Waals surface area contributed by atoms with Crippen LogP contribution in [0.15, 0.2) is 40.8 Å². The van der Waals surface area contributed by atoms with E-state index in [9.17, 15) is 9.59 Å². The Hall–Kier alpha value is -2.91. The number of aryl methyl sites for hydroxylation is 3. The highest BCUT2D eigenvalue weighted by molar-refractivity contribution is 7.18. The van der Waals surface area contributed by atoms with Crippen LogP contribution in [0.25, 0.3) is 21.5 Å². The van der Waals surface area contributed by atoms with Gasteiger partial charge in [0.05, 0.1) is 11.7 Å². The molecule has 0 fully saturated rings. The molecular formula is C21H19N5O2S2. The zero-order valence-electron chi connectivity index (χ0n) is 16.1. The van der Waals surface area contributed by atoms with Gasteiger partial charge in [-0.15, -0.1) is 16.4 Å². The number of amides is 1. The number of nitrogens with zero attached hydrogens (tertiary/aromatic N) is 4. The maximum Gasteiger partial charge on any atom is 0.262 e. The molecule has 0 spiro atoms. The summed E-state index contributed by atoms with van der Waals surface area (Å²) in [5.41, 5.74) is 3.61. The van der Waals surface area contributed by atoms with Crippen molar-refractivity contribution in [3.05, 3.63) is 56.8 Å². The summed E-state index contributed by atoms with van der Waals surface area (Å²) >= 11 is 2.94. The average molecular weight is 438 g/mol. The van der Waals surface area contributed by atoms with Crippen molar-refractivity contribution in [2.24, 2.45) is 0 Å². The Morgan fingerprint density at radius 3 is 2.80 bits per heavy atom. The predicted octanol–water partition coefficient (Wildman–Crippen LogP) is 3.88. The second-order valence-electron chi connectivity index (χ2n) is 7.30. The number of hydrogen-bond acceptors (Lipinski definition) is 7. The molecule has 3 aromatic heterocycles. The van der Waals surface area contributed by atoms with Crippen molar-refractivity contribution >= 4 is 44.7 Å². The molecule has 1 N–H and O–H groups in total. The third-order valence-electron chi connectivity index (χ3n) is 5.35. The van der Waals surface area contributed by atoms with E-state index < -0.39 is 0 Å². The number of hydrogen-bond donors (Lipinski definition) is 1. The number of rotatable bonds is 5. The van der Waals surface area contributed by atoms with Crippen molar-refractivity contribution in [2.45, 2.75) is 38.6 Å². The van der Waals surface area contributed by atoms with Crippen molar-refractivity contribution in [2.75, 3.05) is 5.32 Å². The first-order valence-corrected chi connectivity index (χ1v) is 11.5. The molecule has 152 valence electrons. The molecule has 1 aromatic carbocycles. The highest BCUT2D eigenvalue weighted by Gasteiger charge is 2.20. The summed E-state index contributed by atoms with van der Waals surface area (Å²) in [5, 5.41) is 9.55. The van der Waals surface area contributed by atoms with E-state index in [2.05, 4.69) is 19.9 Å². The molecule has 1 amide bonds. The van der Waals surface area contributed by atoms with Crippen LogP contribution in [0.2, 0.25) is 0 Å². The van der Waals surface area contributed by atoms with Crippen molar-refractivity contribution < 1.29 is 4.79 Å². The van der Waals surface area contributed by atoms with Crippen LogP contribution in [0.5, 0.6) is 0 Å². The lowest BCUT2D eigenvalue weighted by Crippen LogP contribution is -2.24. The standard InChI is InChI=1S/C21H19N5O2S2/c27-18(23-14-7-5-13(6-8-14)16-11-29-25-24-16)9-10-26-12-22-20-19(21(26)28)15-3-1-2-4-17(15)30-20/h5-8,11-12H,1-4,9-10H2,(H,23,27). The molecule has 4 aromatic rings. The van der Waals surface area contributed by atoms with Crippen LogP contribution in [-0.4, -0.2) is 25.0 Å². The fourth-order valence-corrected chi connectivity index (χ4v) is 5.49. The third-order valence-corrected chi connectivity index (χ3v) is 7.05. The van der Waals surface area contributed by atoms with E-state index in [0.717, 1.165) is 40.7 Å². The van der Waals surface area contributed by atoms with Gasteiger partial charge in [0.1, 0.15) is 10.5 Å². The molecule has 5 rings (SSSR count). The van der Waals surface area contributed by atoms with Gasteiger partial charge in [0.2, 0.25) is 5.91 Å². The number of carbonyl (C=O) groups is 1. The molecule has 3 heterocycles. The van der Waals surface area contributed by atoms with E-state index >= 15 is 0 Å². The number of carbonyl (C=O) groups excluding carboxylic acids is 1. The Kier molecular flexibility index (Phi) is 5.14. The minimum atomic E-state index is -0.141. The van der Waals surface area contributed by atoms with Gasteiger partial charge in [-0.1, -0.05) is 16.6 Å². The zero-order chi connectivity index (χ0) is 20.5. The Balaban J connectivity index is 1.27. The van der Waals surface area contributed by atoms with Crippen molar-refractivity contribution in [1.29, 1.82) is 0 Å². The molecule has 9 heteroatoms. The van der Waals surface area contributed by atoms with Gasteiger partial charge in [0, 0.05) is 34.5 Å². The lowest BCUT2D eigenvalue weighted by atomic mass is 9.97. The predicted molar refractivity (Wildman–Crippen MR) is 119 cm³/mol. The van der Waals surface area contributed by atoms with E-state index in [1.807, 2.05) is 29.6 Å². The number of benzene rings is 1. The van der Waals surface area contributed by atoms with Gasteiger partial charge in [0.25, 0.3) is 5.56 Å². The summed E-state index contributed by atoms with van der Waals surface area (Å²) in [7, 11) is 0. The summed E-state index contributed by atoms with van der Waals surface area (Å²) in [5.74, 6) is -0.141. The topological polar surface area (TPSA) is 89.8 Å². The van der Waals surface area contributed by atoms with Gasteiger partial charge in [-0.25, -0.2) is 4.98 Å². The van der Waals surface area contributed by atoms with Gasteiger partial charge in [-0.05, 0) is 54.9 Å². The lowest BCUT2D eigenvalue weighted by molar-refractivity contribution is -0.116. The maximum atomic E-state index is 13.0. The molecule has 0 atom stereocenters. The first-order valence-electron chi connectivity index (χ1n) is 9.86. The fraction of sp³-hybridized carbons (Fsp3) is 0.286. The number of fused-ring (bicyclic) bond motifs is 3. The van der Waals surface area contributed by atoms with Gasteiger partial charge in [-0.3, -0.25) is 14.2 Å². The molecular weight excluding hydrogens is 418 g/mol. The molecule has 0 radical (unpaired) electrons. The van der Waals surface area contributed by atoms with E-state index in [0.29, 0.717) is 12.2 Å². The lowest BCUT2D eigenvalue weighted by Gasteiger charge is -2.10. The highest BCUT2D eigenvalue weighted by Crippen LogP contribution is 2.33. The monoisotopic (exact) mass is 437 g/mol. The van der Waals surface area contributed by atoms with E-state index in [-0.39, 0.29) is 17.9 Å². The zero-order valence-corrected chi connectivity index (χ0v) is 17.8. The molecule has 0 saturated carbocycles. The van der Waals surface area contributed by atoms with Crippen LogP contribution in [-0.2, 0) is 24.2 Å². The Morgan fingerprint density at radius 2 is 2.00 bits per heavy atom. The molecule has 0 bridgehead atoms. The van der Waals surface area contributed by atoms with Crippen LogP contribution in [0, 0.1) is 0 Å². The minimum Gasteiger partial charge on any atom is -0.326 e. The molecule has 0 unspecified atom stereocenters. The normalized spacial score (nSPS) is 13.3. The molecule has 0 saturated heterocycles. The number of anilines is 1. The first kappa shape index (κ1) is 19.1. The quantitative estimate of drug-likeness (QED) is 0.512. The van der Waals surface area contributed by atoms with Gasteiger partial charge >= 0.3 is 0 Å². The largest absolute Gasteiger partial charge is 0.326 e. The summed E-state index contributed by atoms with van der Waals surface area (Å²) in [4.78, 5) is 32.0. The third kappa shape index (κ3) is 3.66. The molecule has 1 aliphatic rings. The SMILES string of the molecule is O=C(CCn1cnc2sc3c(c2c1=O)CCCC3)Nc1ccc(-c2csnn2)cc1. The Bertz CT molecular complexity index is 1260. The summed E-state index contributed by atoms with van der Waals surface area (Å²) in [6.45, 7) is 0.306. The van der Waals surface area contributed by atoms with Gasteiger partial charge in [-0.2, -0.15) is 0 Å². The Morgan fingerprint density at radius 1 is 1.17 bits per heavy atom. The van der Waals surface area contributed by atoms with Gasteiger partial charge in [0.15, 0.2) is 0 Å². The van der Waals surface area contributed by atoms with Crippen molar-refractivity contribution in [1.82, 2.24) is 19.1 Å².